The van der Waals surface area contributed by atoms with Crippen LogP contribution in [0.5, 0.6) is 0 Å². The number of rotatable bonds is 3. The van der Waals surface area contributed by atoms with Crippen LogP contribution in [0.1, 0.15) is 16.2 Å². The minimum Gasteiger partial charge on any atom is -0.477 e. The molecule has 0 unspecified atom stereocenters. The first-order chi connectivity index (χ1) is 9.74. The standard InChI is InChI=1S/C12H15F3N4O2/c1-8-6-9(10(20)21)17-11(16-8)19-4-2-18(3-5-19)7-12(13,14)15/h6H,2-5,7H2,1H3,(H,20,21). The molecule has 0 saturated carbocycles. The highest BCUT2D eigenvalue weighted by molar-refractivity contribution is 5.85. The number of carbonyl (C=O) groups is 1. The molecule has 6 nitrogen and oxygen atoms in total. The van der Waals surface area contributed by atoms with Gasteiger partial charge in [-0.3, -0.25) is 4.90 Å². The first kappa shape index (κ1) is 15.5. The molecule has 1 aromatic rings. The van der Waals surface area contributed by atoms with Gasteiger partial charge in [-0.25, -0.2) is 14.8 Å². The summed E-state index contributed by atoms with van der Waals surface area (Å²) in [6, 6.07) is 1.35. The number of hydrogen-bond donors (Lipinski definition) is 1. The largest absolute Gasteiger partial charge is 0.477 e. The van der Waals surface area contributed by atoms with Crippen molar-refractivity contribution in [2.75, 3.05) is 37.6 Å². The molecule has 0 bridgehead atoms. The zero-order chi connectivity index (χ0) is 15.6. The number of nitrogens with zero attached hydrogens (tertiary/aromatic N) is 4. The lowest BCUT2D eigenvalue weighted by molar-refractivity contribution is -0.146. The molecule has 2 heterocycles. The van der Waals surface area contributed by atoms with E-state index in [0.29, 0.717) is 18.8 Å². The fourth-order valence-corrected chi connectivity index (χ4v) is 2.16. The maximum atomic E-state index is 12.3. The number of piperazine rings is 1. The summed E-state index contributed by atoms with van der Waals surface area (Å²) in [6.07, 6.45) is -4.21. The Labute approximate surface area is 119 Å². The van der Waals surface area contributed by atoms with Gasteiger partial charge in [0.15, 0.2) is 5.69 Å². The smallest absolute Gasteiger partial charge is 0.401 e. The van der Waals surface area contributed by atoms with Gasteiger partial charge in [-0.2, -0.15) is 13.2 Å². The Kier molecular flexibility index (Phi) is 4.31. The van der Waals surface area contributed by atoms with E-state index in [4.69, 9.17) is 5.11 Å². The second kappa shape index (κ2) is 5.84. The van der Waals surface area contributed by atoms with Crippen molar-refractivity contribution in [3.8, 4) is 0 Å². The van der Waals surface area contributed by atoms with Crippen LogP contribution in [-0.4, -0.2) is 64.8 Å². The van der Waals surface area contributed by atoms with Crippen molar-refractivity contribution >= 4 is 11.9 Å². The number of halogens is 3. The molecule has 9 heteroatoms. The molecule has 1 aromatic heterocycles. The molecule has 0 amide bonds. The van der Waals surface area contributed by atoms with Gasteiger partial charge in [0.05, 0.1) is 6.54 Å². The van der Waals surface area contributed by atoms with Crippen LogP contribution in [0.4, 0.5) is 19.1 Å². The zero-order valence-electron chi connectivity index (χ0n) is 11.4. The average Bonchev–Trinajstić information content (AvgIpc) is 2.37. The maximum absolute atomic E-state index is 12.3. The Morgan fingerprint density at radius 2 is 1.90 bits per heavy atom. The molecule has 1 fully saturated rings. The number of aryl methyl sites for hydroxylation is 1. The molecule has 116 valence electrons. The van der Waals surface area contributed by atoms with E-state index in [2.05, 4.69) is 9.97 Å². The monoisotopic (exact) mass is 304 g/mol. The van der Waals surface area contributed by atoms with Crippen LogP contribution >= 0.6 is 0 Å². The number of hydrogen-bond acceptors (Lipinski definition) is 5. The van der Waals surface area contributed by atoms with Crippen molar-refractivity contribution in [1.82, 2.24) is 14.9 Å². The molecule has 1 N–H and O–H groups in total. The average molecular weight is 304 g/mol. The van der Waals surface area contributed by atoms with Gasteiger partial charge in [-0.05, 0) is 13.0 Å². The SMILES string of the molecule is Cc1cc(C(=O)O)nc(N2CCN(CC(F)(F)F)CC2)n1. The van der Waals surface area contributed by atoms with Crippen LogP contribution < -0.4 is 4.90 Å². The molecule has 1 saturated heterocycles. The Hall–Kier alpha value is -1.90. The van der Waals surface area contributed by atoms with Crippen molar-refractivity contribution in [3.05, 3.63) is 17.5 Å². The first-order valence-corrected chi connectivity index (χ1v) is 6.37. The normalized spacial score (nSPS) is 17.0. The van der Waals surface area contributed by atoms with Gasteiger partial charge in [-0.15, -0.1) is 0 Å². The van der Waals surface area contributed by atoms with E-state index in [-0.39, 0.29) is 24.7 Å². The van der Waals surface area contributed by atoms with Gasteiger partial charge >= 0.3 is 12.1 Å². The van der Waals surface area contributed by atoms with Gasteiger partial charge in [0.1, 0.15) is 0 Å². The summed E-state index contributed by atoms with van der Waals surface area (Å²) in [5, 5.41) is 8.96. The molecule has 0 atom stereocenters. The number of aromatic nitrogens is 2. The van der Waals surface area contributed by atoms with Crippen molar-refractivity contribution in [3.63, 3.8) is 0 Å². The highest BCUT2D eigenvalue weighted by Gasteiger charge is 2.32. The van der Waals surface area contributed by atoms with Crippen LogP contribution in [0.15, 0.2) is 6.07 Å². The van der Waals surface area contributed by atoms with Gasteiger partial charge in [0, 0.05) is 31.9 Å². The third kappa shape index (κ3) is 4.28. The lowest BCUT2D eigenvalue weighted by Crippen LogP contribution is -2.49. The molecule has 21 heavy (non-hydrogen) atoms. The van der Waals surface area contributed by atoms with E-state index in [9.17, 15) is 18.0 Å². The Morgan fingerprint density at radius 1 is 1.29 bits per heavy atom. The summed E-state index contributed by atoms with van der Waals surface area (Å²) in [7, 11) is 0. The molecular weight excluding hydrogens is 289 g/mol. The summed E-state index contributed by atoms with van der Waals surface area (Å²) in [4.78, 5) is 22.0. The predicted molar refractivity (Wildman–Crippen MR) is 68.4 cm³/mol. The highest BCUT2D eigenvalue weighted by Crippen LogP contribution is 2.19. The minimum atomic E-state index is -4.21. The predicted octanol–water partition coefficient (Wildman–Crippen LogP) is 1.17. The fourth-order valence-electron chi connectivity index (χ4n) is 2.16. The molecule has 1 aliphatic heterocycles. The molecular formula is C12H15F3N4O2. The van der Waals surface area contributed by atoms with Crippen molar-refractivity contribution in [2.45, 2.75) is 13.1 Å². The van der Waals surface area contributed by atoms with Crippen LogP contribution in [0.2, 0.25) is 0 Å². The van der Waals surface area contributed by atoms with E-state index in [1.807, 2.05) is 0 Å². The summed E-state index contributed by atoms with van der Waals surface area (Å²) < 4.78 is 36.9. The van der Waals surface area contributed by atoms with Crippen LogP contribution in [0.25, 0.3) is 0 Å². The third-order valence-electron chi connectivity index (χ3n) is 3.12. The summed E-state index contributed by atoms with van der Waals surface area (Å²) in [6.45, 7) is 1.85. The van der Waals surface area contributed by atoms with E-state index in [0.717, 1.165) is 0 Å². The second-order valence-corrected chi connectivity index (χ2v) is 4.88. The van der Waals surface area contributed by atoms with Crippen molar-refractivity contribution in [2.24, 2.45) is 0 Å². The maximum Gasteiger partial charge on any atom is 0.401 e. The number of anilines is 1. The van der Waals surface area contributed by atoms with Gasteiger partial charge in [0.25, 0.3) is 0 Å². The van der Waals surface area contributed by atoms with Crippen LogP contribution in [0, 0.1) is 6.92 Å². The Balaban J connectivity index is 2.04. The first-order valence-electron chi connectivity index (χ1n) is 6.37. The Morgan fingerprint density at radius 3 is 2.43 bits per heavy atom. The van der Waals surface area contributed by atoms with Gasteiger partial charge in [-0.1, -0.05) is 0 Å². The topological polar surface area (TPSA) is 69.6 Å². The van der Waals surface area contributed by atoms with E-state index < -0.39 is 18.7 Å². The summed E-state index contributed by atoms with van der Waals surface area (Å²) in [5.41, 5.74) is 0.394. The van der Waals surface area contributed by atoms with E-state index in [1.54, 1.807) is 11.8 Å². The van der Waals surface area contributed by atoms with E-state index in [1.165, 1.54) is 11.0 Å². The van der Waals surface area contributed by atoms with Gasteiger partial charge < -0.3 is 10.0 Å². The van der Waals surface area contributed by atoms with Crippen LogP contribution in [-0.2, 0) is 0 Å². The third-order valence-corrected chi connectivity index (χ3v) is 3.12. The molecule has 0 aliphatic carbocycles. The Bertz CT molecular complexity index is 528. The quantitative estimate of drug-likeness (QED) is 0.904. The lowest BCUT2D eigenvalue weighted by Gasteiger charge is -2.35. The molecule has 1 aliphatic rings. The number of carboxylic acid groups (broad SMARTS) is 1. The summed E-state index contributed by atoms with van der Waals surface area (Å²) in [5.74, 6) is -0.906. The van der Waals surface area contributed by atoms with Crippen molar-refractivity contribution in [1.29, 1.82) is 0 Å². The second-order valence-electron chi connectivity index (χ2n) is 4.88. The molecule has 0 spiro atoms. The number of carboxylic acids is 1. The highest BCUT2D eigenvalue weighted by atomic mass is 19.4. The minimum absolute atomic E-state index is 0.116. The van der Waals surface area contributed by atoms with Gasteiger partial charge in [0.2, 0.25) is 5.95 Å². The summed E-state index contributed by atoms with van der Waals surface area (Å²) >= 11 is 0. The number of aromatic carboxylic acids is 1. The fraction of sp³-hybridized carbons (Fsp3) is 0.583. The molecule has 0 aromatic carbocycles. The molecule has 0 radical (unpaired) electrons. The lowest BCUT2D eigenvalue weighted by atomic mass is 10.3. The number of alkyl halides is 3. The zero-order valence-corrected chi connectivity index (χ0v) is 11.4. The van der Waals surface area contributed by atoms with Crippen molar-refractivity contribution < 1.29 is 23.1 Å². The van der Waals surface area contributed by atoms with Crippen LogP contribution in [0.3, 0.4) is 0 Å². The van der Waals surface area contributed by atoms with E-state index >= 15 is 0 Å². The molecule has 2 rings (SSSR count).